The average molecular weight is 234 g/mol. The second kappa shape index (κ2) is 3.97. The van der Waals surface area contributed by atoms with E-state index in [1.54, 1.807) is 18.9 Å². The van der Waals surface area contributed by atoms with E-state index in [-0.39, 0.29) is 0 Å². The number of rotatable bonds is 2. The van der Waals surface area contributed by atoms with Gasteiger partial charge in [0.1, 0.15) is 4.60 Å². The Kier molecular flexibility index (Phi) is 3.20. The second-order valence-corrected chi connectivity index (χ2v) is 3.56. The third-order valence-electron chi connectivity index (χ3n) is 1.19. The topological polar surface area (TPSA) is 22.1 Å². The first-order chi connectivity index (χ1) is 5.26. The number of ether oxygens (including phenoxy) is 1. The molecule has 0 unspecified atom stereocenters. The van der Waals surface area contributed by atoms with E-state index < -0.39 is 0 Å². The normalized spacial score (nSPS) is 9.73. The third-order valence-corrected chi connectivity index (χ3v) is 2.30. The largest absolute Gasteiger partial charge is 0.481 e. The number of pyridine rings is 1. The van der Waals surface area contributed by atoms with Crippen molar-refractivity contribution in [3.8, 4) is 5.88 Å². The molecule has 11 heavy (non-hydrogen) atoms. The fraction of sp³-hybridized carbons (Fsp3) is 0.286. The van der Waals surface area contributed by atoms with E-state index in [0.29, 0.717) is 5.88 Å². The van der Waals surface area contributed by atoms with Crippen molar-refractivity contribution in [2.75, 3.05) is 13.4 Å². The molecule has 1 heterocycles. The van der Waals surface area contributed by atoms with Crippen LogP contribution in [0.25, 0.3) is 0 Å². The minimum absolute atomic E-state index is 0.642. The molecule has 60 valence electrons. The van der Waals surface area contributed by atoms with Gasteiger partial charge in [-0.05, 0) is 28.3 Å². The standard InChI is InChI=1S/C7H8BrNOS/c1-10-7-4-5(11-2)3-6(8)9-7/h3-4H,1-2H3. The van der Waals surface area contributed by atoms with Crippen molar-refractivity contribution in [3.63, 3.8) is 0 Å². The number of thioether (sulfide) groups is 1. The highest BCUT2D eigenvalue weighted by Gasteiger charge is 1.98. The van der Waals surface area contributed by atoms with Crippen LogP contribution in [0, 0.1) is 0 Å². The third kappa shape index (κ3) is 2.38. The van der Waals surface area contributed by atoms with Gasteiger partial charge < -0.3 is 4.74 Å². The Morgan fingerprint density at radius 1 is 1.55 bits per heavy atom. The number of halogens is 1. The summed E-state index contributed by atoms with van der Waals surface area (Å²) in [7, 11) is 1.61. The summed E-state index contributed by atoms with van der Waals surface area (Å²) in [6.07, 6.45) is 2.02. The zero-order chi connectivity index (χ0) is 8.27. The Balaban J connectivity index is 3.02. The van der Waals surface area contributed by atoms with Gasteiger partial charge in [-0.1, -0.05) is 0 Å². The molecule has 0 aliphatic carbocycles. The van der Waals surface area contributed by atoms with Gasteiger partial charge in [0.15, 0.2) is 0 Å². The molecule has 4 heteroatoms. The summed E-state index contributed by atoms with van der Waals surface area (Å²) in [6.45, 7) is 0. The van der Waals surface area contributed by atoms with Crippen molar-refractivity contribution >= 4 is 27.7 Å². The van der Waals surface area contributed by atoms with Crippen LogP contribution in [0.5, 0.6) is 5.88 Å². The van der Waals surface area contributed by atoms with Crippen LogP contribution in [-0.2, 0) is 0 Å². The summed E-state index contributed by atoms with van der Waals surface area (Å²) in [5.74, 6) is 0.642. The summed E-state index contributed by atoms with van der Waals surface area (Å²) in [4.78, 5) is 5.22. The van der Waals surface area contributed by atoms with Crippen molar-refractivity contribution < 1.29 is 4.74 Å². The molecule has 0 bridgehead atoms. The second-order valence-electron chi connectivity index (χ2n) is 1.87. The Bertz CT molecular complexity index is 232. The van der Waals surface area contributed by atoms with Crippen molar-refractivity contribution in [1.82, 2.24) is 4.98 Å². The summed E-state index contributed by atoms with van der Waals surface area (Å²) in [5.41, 5.74) is 0. The van der Waals surface area contributed by atoms with Crippen LogP contribution in [0.4, 0.5) is 0 Å². The highest BCUT2D eigenvalue weighted by molar-refractivity contribution is 9.10. The quantitative estimate of drug-likeness (QED) is 0.580. The van der Waals surface area contributed by atoms with Crippen LogP contribution in [0.1, 0.15) is 0 Å². The molecule has 0 saturated carbocycles. The Morgan fingerprint density at radius 3 is 2.82 bits per heavy atom. The van der Waals surface area contributed by atoms with Crippen molar-refractivity contribution in [1.29, 1.82) is 0 Å². The van der Waals surface area contributed by atoms with E-state index in [0.717, 1.165) is 9.50 Å². The van der Waals surface area contributed by atoms with Crippen LogP contribution in [0.3, 0.4) is 0 Å². The van der Waals surface area contributed by atoms with Gasteiger partial charge >= 0.3 is 0 Å². The minimum atomic E-state index is 0.642. The van der Waals surface area contributed by atoms with Gasteiger partial charge in [-0.25, -0.2) is 4.98 Å². The van der Waals surface area contributed by atoms with E-state index in [1.807, 2.05) is 18.4 Å². The monoisotopic (exact) mass is 233 g/mol. The maximum absolute atomic E-state index is 4.98. The lowest BCUT2D eigenvalue weighted by atomic mass is 10.5. The lowest BCUT2D eigenvalue weighted by Crippen LogP contribution is -1.87. The maximum Gasteiger partial charge on any atom is 0.215 e. The van der Waals surface area contributed by atoms with Gasteiger partial charge in [0.05, 0.1) is 7.11 Å². The molecular formula is C7H8BrNOS. The highest BCUT2D eigenvalue weighted by Crippen LogP contribution is 2.22. The van der Waals surface area contributed by atoms with E-state index in [1.165, 1.54) is 0 Å². The smallest absolute Gasteiger partial charge is 0.215 e. The predicted molar refractivity (Wildman–Crippen MR) is 50.3 cm³/mol. The molecule has 0 aliphatic rings. The zero-order valence-electron chi connectivity index (χ0n) is 6.30. The average Bonchev–Trinajstić information content (AvgIpc) is 2.03. The Morgan fingerprint density at radius 2 is 2.27 bits per heavy atom. The molecule has 0 fully saturated rings. The Hall–Kier alpha value is -0.220. The van der Waals surface area contributed by atoms with Crippen molar-refractivity contribution in [3.05, 3.63) is 16.7 Å². The molecular weight excluding hydrogens is 226 g/mol. The Labute approximate surface area is 78.5 Å². The molecule has 1 aromatic rings. The minimum Gasteiger partial charge on any atom is -0.481 e. The van der Waals surface area contributed by atoms with E-state index >= 15 is 0 Å². The molecule has 0 aliphatic heterocycles. The summed E-state index contributed by atoms with van der Waals surface area (Å²) >= 11 is 4.95. The lowest BCUT2D eigenvalue weighted by Gasteiger charge is -2.01. The van der Waals surface area contributed by atoms with Gasteiger partial charge in [0.25, 0.3) is 0 Å². The molecule has 0 amide bonds. The van der Waals surface area contributed by atoms with Crippen LogP contribution in [0.2, 0.25) is 0 Å². The molecule has 0 saturated heterocycles. The summed E-state index contributed by atoms with van der Waals surface area (Å²) in [5, 5.41) is 0. The molecule has 0 atom stereocenters. The number of hydrogen-bond donors (Lipinski definition) is 0. The van der Waals surface area contributed by atoms with Gasteiger partial charge in [0, 0.05) is 11.0 Å². The van der Waals surface area contributed by atoms with Crippen LogP contribution >= 0.6 is 27.7 Å². The molecule has 0 N–H and O–H groups in total. The molecule has 1 aromatic heterocycles. The van der Waals surface area contributed by atoms with E-state index in [4.69, 9.17) is 4.74 Å². The summed E-state index contributed by atoms with van der Waals surface area (Å²) < 4.78 is 5.79. The van der Waals surface area contributed by atoms with Gasteiger partial charge in [-0.3, -0.25) is 0 Å². The highest BCUT2D eigenvalue weighted by atomic mass is 79.9. The van der Waals surface area contributed by atoms with Gasteiger partial charge in [-0.2, -0.15) is 0 Å². The van der Waals surface area contributed by atoms with Crippen LogP contribution in [0.15, 0.2) is 21.6 Å². The van der Waals surface area contributed by atoms with Crippen molar-refractivity contribution in [2.24, 2.45) is 0 Å². The van der Waals surface area contributed by atoms with E-state index in [2.05, 4.69) is 20.9 Å². The molecule has 0 radical (unpaired) electrons. The lowest BCUT2D eigenvalue weighted by molar-refractivity contribution is 0.395. The van der Waals surface area contributed by atoms with Gasteiger partial charge in [0.2, 0.25) is 5.88 Å². The predicted octanol–water partition coefficient (Wildman–Crippen LogP) is 2.57. The number of nitrogens with zero attached hydrogens (tertiary/aromatic N) is 1. The first kappa shape index (κ1) is 8.87. The fourth-order valence-corrected chi connectivity index (χ4v) is 1.69. The van der Waals surface area contributed by atoms with Crippen molar-refractivity contribution in [2.45, 2.75) is 4.90 Å². The van der Waals surface area contributed by atoms with Crippen LogP contribution in [-0.4, -0.2) is 18.3 Å². The molecule has 1 rings (SSSR count). The molecule has 0 spiro atoms. The number of methoxy groups -OCH3 is 1. The zero-order valence-corrected chi connectivity index (χ0v) is 8.70. The number of aromatic nitrogens is 1. The fourth-order valence-electron chi connectivity index (χ4n) is 0.673. The summed E-state index contributed by atoms with van der Waals surface area (Å²) in [6, 6.07) is 3.85. The SMILES string of the molecule is COc1cc(SC)cc(Br)n1. The first-order valence-corrected chi connectivity index (χ1v) is 5.03. The maximum atomic E-state index is 4.98. The number of hydrogen-bond acceptors (Lipinski definition) is 3. The molecule has 2 nitrogen and oxygen atoms in total. The first-order valence-electron chi connectivity index (χ1n) is 3.02. The van der Waals surface area contributed by atoms with Gasteiger partial charge in [-0.15, -0.1) is 11.8 Å². The van der Waals surface area contributed by atoms with Crippen LogP contribution < -0.4 is 4.74 Å². The molecule has 0 aromatic carbocycles. The van der Waals surface area contributed by atoms with E-state index in [9.17, 15) is 0 Å².